The fourth-order valence-corrected chi connectivity index (χ4v) is 3.39. The zero-order chi connectivity index (χ0) is 10.5. The van der Waals surface area contributed by atoms with Crippen molar-refractivity contribution >= 4 is 0 Å². The van der Waals surface area contributed by atoms with Gasteiger partial charge in [-0.25, -0.2) is 0 Å². The number of nitrogens with one attached hydrogen (secondary N) is 1. The lowest BCUT2D eigenvalue weighted by molar-refractivity contribution is 0.274. The molecule has 0 aromatic carbocycles. The van der Waals surface area contributed by atoms with Crippen LogP contribution in [-0.4, -0.2) is 22.9 Å². The molecule has 1 aliphatic carbocycles. The largest absolute Gasteiger partial charge is 0.316 e. The third-order valence-corrected chi connectivity index (χ3v) is 4.39. The summed E-state index contributed by atoms with van der Waals surface area (Å²) in [6.07, 6.45) is 6.00. The minimum atomic E-state index is 0.391. The van der Waals surface area contributed by atoms with E-state index >= 15 is 0 Å². The maximum Gasteiger partial charge on any atom is 0.0662 e. The zero-order valence-electron chi connectivity index (χ0n) is 9.58. The van der Waals surface area contributed by atoms with Crippen LogP contribution in [0.3, 0.4) is 0 Å². The minimum Gasteiger partial charge on any atom is -0.316 e. The molecule has 0 saturated carbocycles. The first-order chi connectivity index (χ1) is 7.22. The van der Waals surface area contributed by atoms with Crippen LogP contribution in [0.5, 0.6) is 0 Å². The molecule has 1 spiro atoms. The van der Waals surface area contributed by atoms with E-state index in [-0.39, 0.29) is 0 Å². The van der Waals surface area contributed by atoms with Crippen molar-refractivity contribution in [3.05, 3.63) is 17.5 Å². The zero-order valence-corrected chi connectivity index (χ0v) is 9.58. The average molecular weight is 205 g/mol. The van der Waals surface area contributed by atoms with Crippen molar-refractivity contribution < 1.29 is 0 Å². The van der Waals surface area contributed by atoms with Gasteiger partial charge < -0.3 is 5.32 Å². The van der Waals surface area contributed by atoms with E-state index in [0.29, 0.717) is 5.41 Å². The molecule has 3 heteroatoms. The van der Waals surface area contributed by atoms with Crippen LogP contribution in [0.4, 0.5) is 0 Å². The summed E-state index contributed by atoms with van der Waals surface area (Å²) in [6, 6.07) is 0. The fraction of sp³-hybridized carbons (Fsp3) is 0.750. The van der Waals surface area contributed by atoms with E-state index in [4.69, 9.17) is 0 Å². The molecule has 0 bridgehead atoms. The Morgan fingerprint density at radius 3 is 3.20 bits per heavy atom. The van der Waals surface area contributed by atoms with E-state index in [0.717, 1.165) is 12.5 Å². The van der Waals surface area contributed by atoms with Crippen LogP contribution in [0.2, 0.25) is 0 Å². The molecule has 1 N–H and O–H groups in total. The number of aromatic nitrogens is 2. The molecule has 3 rings (SSSR count). The summed E-state index contributed by atoms with van der Waals surface area (Å²) in [6.45, 7) is 4.72. The summed E-state index contributed by atoms with van der Waals surface area (Å²) in [5.74, 6) is 0.796. The Morgan fingerprint density at radius 2 is 2.47 bits per heavy atom. The third kappa shape index (κ3) is 1.19. The number of rotatable bonds is 0. The van der Waals surface area contributed by atoms with Crippen LogP contribution in [0.15, 0.2) is 6.20 Å². The molecule has 0 amide bonds. The first-order valence-corrected chi connectivity index (χ1v) is 5.96. The van der Waals surface area contributed by atoms with Gasteiger partial charge in [-0.15, -0.1) is 0 Å². The van der Waals surface area contributed by atoms with E-state index in [1.165, 1.54) is 37.1 Å². The molecule has 1 fully saturated rings. The van der Waals surface area contributed by atoms with Crippen LogP contribution in [0.1, 0.15) is 31.0 Å². The predicted molar refractivity (Wildman–Crippen MR) is 59.9 cm³/mol. The lowest BCUT2D eigenvalue weighted by atomic mass is 9.65. The highest BCUT2D eigenvalue weighted by Crippen LogP contribution is 2.44. The second kappa shape index (κ2) is 3.08. The summed E-state index contributed by atoms with van der Waals surface area (Å²) >= 11 is 0. The molecule has 2 atom stereocenters. The van der Waals surface area contributed by atoms with Crippen molar-refractivity contribution in [1.82, 2.24) is 15.1 Å². The quantitative estimate of drug-likeness (QED) is 0.690. The van der Waals surface area contributed by atoms with Crippen LogP contribution in [-0.2, 0) is 18.9 Å². The van der Waals surface area contributed by atoms with Gasteiger partial charge in [-0.05, 0) is 31.7 Å². The lowest BCUT2D eigenvalue weighted by Gasteiger charge is -2.38. The summed E-state index contributed by atoms with van der Waals surface area (Å²) < 4.78 is 1.99. The first-order valence-electron chi connectivity index (χ1n) is 5.96. The van der Waals surface area contributed by atoms with Crippen LogP contribution in [0, 0.1) is 5.92 Å². The minimum absolute atomic E-state index is 0.391. The van der Waals surface area contributed by atoms with Crippen LogP contribution >= 0.6 is 0 Å². The van der Waals surface area contributed by atoms with E-state index in [1.807, 2.05) is 11.7 Å². The molecule has 2 unspecified atom stereocenters. The van der Waals surface area contributed by atoms with Gasteiger partial charge in [-0.3, -0.25) is 4.68 Å². The van der Waals surface area contributed by atoms with E-state index in [9.17, 15) is 0 Å². The summed E-state index contributed by atoms with van der Waals surface area (Å²) in [4.78, 5) is 0. The summed E-state index contributed by atoms with van der Waals surface area (Å²) in [5.41, 5.74) is 3.26. The molecule has 82 valence electrons. The van der Waals surface area contributed by atoms with Crippen molar-refractivity contribution in [1.29, 1.82) is 0 Å². The molecule has 15 heavy (non-hydrogen) atoms. The Balaban J connectivity index is 2.12. The molecular formula is C12H19N3. The van der Waals surface area contributed by atoms with Gasteiger partial charge in [0.15, 0.2) is 0 Å². The highest BCUT2D eigenvalue weighted by atomic mass is 15.3. The van der Waals surface area contributed by atoms with Crippen molar-refractivity contribution in [3.63, 3.8) is 0 Å². The fourth-order valence-electron chi connectivity index (χ4n) is 3.39. The first kappa shape index (κ1) is 9.40. The Hall–Kier alpha value is -0.830. The Labute approximate surface area is 90.9 Å². The number of nitrogens with zero attached hydrogens (tertiary/aromatic N) is 2. The highest BCUT2D eigenvalue weighted by molar-refractivity contribution is 5.33. The van der Waals surface area contributed by atoms with Crippen molar-refractivity contribution in [2.45, 2.75) is 31.6 Å². The normalized spacial score (nSPS) is 34.7. The third-order valence-electron chi connectivity index (χ3n) is 4.39. The molecule has 1 aliphatic heterocycles. The monoisotopic (exact) mass is 205 g/mol. The Morgan fingerprint density at radius 1 is 1.60 bits per heavy atom. The molecule has 2 heterocycles. The van der Waals surface area contributed by atoms with E-state index < -0.39 is 0 Å². The van der Waals surface area contributed by atoms with Gasteiger partial charge in [-0.1, -0.05) is 6.92 Å². The van der Waals surface area contributed by atoms with Crippen LogP contribution in [0.25, 0.3) is 0 Å². The number of fused-ring (bicyclic) bond motifs is 2. The van der Waals surface area contributed by atoms with Crippen molar-refractivity contribution in [3.8, 4) is 0 Å². The Kier molecular flexibility index (Phi) is 1.93. The van der Waals surface area contributed by atoms with E-state index in [1.54, 1.807) is 0 Å². The summed E-state index contributed by atoms with van der Waals surface area (Å²) in [5, 5.41) is 8.12. The highest BCUT2D eigenvalue weighted by Gasteiger charge is 2.45. The average Bonchev–Trinajstić information content (AvgIpc) is 2.80. The molecule has 1 aromatic rings. The molecule has 3 nitrogen and oxygen atoms in total. The standard InChI is InChI=1S/C12H19N3/c1-9-3-4-11-10(7-15(2)14-11)12(9)5-6-13-8-12/h7,9,13H,3-6,8H2,1-2H3. The predicted octanol–water partition coefficient (Wildman–Crippen LogP) is 1.23. The smallest absolute Gasteiger partial charge is 0.0662 e. The number of hydrogen-bond donors (Lipinski definition) is 1. The van der Waals surface area contributed by atoms with E-state index in [2.05, 4.69) is 23.5 Å². The van der Waals surface area contributed by atoms with Crippen LogP contribution < -0.4 is 5.32 Å². The van der Waals surface area contributed by atoms with Gasteiger partial charge >= 0.3 is 0 Å². The lowest BCUT2D eigenvalue weighted by Crippen LogP contribution is -2.39. The molecule has 0 radical (unpaired) electrons. The second-order valence-electron chi connectivity index (χ2n) is 5.19. The van der Waals surface area contributed by atoms with Crippen molar-refractivity contribution in [2.24, 2.45) is 13.0 Å². The SMILES string of the molecule is CC1CCc2nn(C)cc2C12CCNC2. The maximum atomic E-state index is 4.59. The summed E-state index contributed by atoms with van der Waals surface area (Å²) in [7, 11) is 2.04. The molecule has 1 saturated heterocycles. The number of hydrogen-bond acceptors (Lipinski definition) is 2. The Bertz CT molecular complexity index is 374. The topological polar surface area (TPSA) is 29.9 Å². The molecule has 2 aliphatic rings. The number of aryl methyl sites for hydroxylation is 2. The van der Waals surface area contributed by atoms with Gasteiger partial charge in [0, 0.05) is 30.8 Å². The van der Waals surface area contributed by atoms with Gasteiger partial charge in [0.25, 0.3) is 0 Å². The second-order valence-corrected chi connectivity index (χ2v) is 5.19. The van der Waals surface area contributed by atoms with Gasteiger partial charge in [0.1, 0.15) is 0 Å². The molecule has 1 aromatic heterocycles. The van der Waals surface area contributed by atoms with Gasteiger partial charge in [0.05, 0.1) is 5.69 Å². The van der Waals surface area contributed by atoms with Gasteiger partial charge in [0.2, 0.25) is 0 Å². The van der Waals surface area contributed by atoms with Gasteiger partial charge in [-0.2, -0.15) is 5.10 Å². The maximum absolute atomic E-state index is 4.59. The van der Waals surface area contributed by atoms with Crippen molar-refractivity contribution in [2.75, 3.05) is 13.1 Å². The molecular weight excluding hydrogens is 186 g/mol.